The van der Waals surface area contributed by atoms with Crippen LogP contribution in [0.15, 0.2) is 0 Å². The van der Waals surface area contributed by atoms with Crippen LogP contribution in [0, 0.1) is 28.6 Å². The molecule has 2 aliphatic rings. The van der Waals surface area contributed by atoms with Crippen LogP contribution in [0.3, 0.4) is 0 Å². The summed E-state index contributed by atoms with van der Waals surface area (Å²) in [5.74, 6) is -0.249. The number of hydrogen-bond acceptors (Lipinski definition) is 4. The van der Waals surface area contributed by atoms with Gasteiger partial charge in [-0.2, -0.15) is 5.26 Å². The van der Waals surface area contributed by atoms with Crippen molar-refractivity contribution < 1.29 is 9.59 Å². The van der Waals surface area contributed by atoms with Crippen molar-refractivity contribution >= 4 is 11.8 Å². The zero-order valence-corrected chi connectivity index (χ0v) is 13.4. The van der Waals surface area contributed by atoms with Gasteiger partial charge in [-0.3, -0.25) is 19.8 Å². The minimum atomic E-state index is -0.579. The van der Waals surface area contributed by atoms with Crippen molar-refractivity contribution in [3.05, 3.63) is 0 Å². The van der Waals surface area contributed by atoms with E-state index >= 15 is 0 Å². The smallest absolute Gasteiger partial charge is 0.233 e. The molecule has 21 heavy (non-hydrogen) atoms. The van der Waals surface area contributed by atoms with Gasteiger partial charge in [0.15, 0.2) is 0 Å². The average Bonchev–Trinajstić information content (AvgIpc) is 2.91. The summed E-state index contributed by atoms with van der Waals surface area (Å²) in [5, 5.41) is 12.5. The van der Waals surface area contributed by atoms with E-state index in [2.05, 4.69) is 18.3 Å². The van der Waals surface area contributed by atoms with E-state index in [0.29, 0.717) is 19.4 Å². The second-order valence-electron chi connectivity index (χ2n) is 7.08. The fourth-order valence-electron chi connectivity index (χ4n) is 3.40. The van der Waals surface area contributed by atoms with Gasteiger partial charge in [-0.05, 0) is 38.1 Å². The Labute approximate surface area is 126 Å². The van der Waals surface area contributed by atoms with E-state index in [1.54, 1.807) is 0 Å². The first-order valence-electron chi connectivity index (χ1n) is 7.80. The highest BCUT2D eigenvalue weighted by Crippen LogP contribution is 2.63. The topological polar surface area (TPSA) is 73.2 Å². The van der Waals surface area contributed by atoms with Crippen LogP contribution in [0.4, 0.5) is 0 Å². The molecule has 2 amide bonds. The summed E-state index contributed by atoms with van der Waals surface area (Å²) in [4.78, 5) is 25.8. The molecule has 1 saturated carbocycles. The van der Waals surface area contributed by atoms with E-state index in [4.69, 9.17) is 0 Å². The number of carbonyl (C=O) groups is 2. The number of amides is 2. The van der Waals surface area contributed by atoms with Gasteiger partial charge in [0.25, 0.3) is 0 Å². The molecule has 1 heterocycles. The van der Waals surface area contributed by atoms with Crippen molar-refractivity contribution in [3.8, 4) is 6.07 Å². The molecular formula is C16H25N3O2. The molecule has 2 rings (SSSR count). The van der Waals surface area contributed by atoms with Crippen molar-refractivity contribution in [2.24, 2.45) is 17.3 Å². The molecule has 1 N–H and O–H groups in total. The van der Waals surface area contributed by atoms with Crippen LogP contribution in [-0.4, -0.2) is 35.3 Å². The number of hydrogen-bond donors (Lipinski definition) is 1. The Morgan fingerprint density at radius 2 is 1.90 bits per heavy atom. The molecule has 5 heteroatoms. The predicted octanol–water partition coefficient (Wildman–Crippen LogP) is 1.69. The molecule has 5 nitrogen and oxygen atoms in total. The first-order valence-corrected chi connectivity index (χ1v) is 7.80. The van der Waals surface area contributed by atoms with E-state index < -0.39 is 5.54 Å². The maximum Gasteiger partial charge on any atom is 0.233 e. The lowest BCUT2D eigenvalue weighted by atomic mass is 9.97. The highest BCUT2D eigenvalue weighted by molar-refractivity contribution is 6.10. The van der Waals surface area contributed by atoms with E-state index in [1.807, 2.05) is 20.8 Å². The molecule has 3 unspecified atom stereocenters. The molecule has 116 valence electrons. The molecule has 0 aromatic carbocycles. The Morgan fingerprint density at radius 3 is 2.38 bits per heavy atom. The minimum absolute atomic E-state index is 0.0184. The van der Waals surface area contributed by atoms with Crippen LogP contribution in [0.1, 0.15) is 47.0 Å². The van der Waals surface area contributed by atoms with Gasteiger partial charge in [-0.25, -0.2) is 0 Å². The molecular weight excluding hydrogens is 266 g/mol. The van der Waals surface area contributed by atoms with Gasteiger partial charge in [-0.15, -0.1) is 0 Å². The minimum Gasteiger partial charge on any atom is -0.300 e. The standard InChI is InChI=1S/C16H25N3O2/c1-5-8-18-16(4,10-17)7-6-9-19-13(20)11-12(14(19)21)15(11,2)3/h11-12,18H,5-9H2,1-4H3. The number of carbonyl (C=O) groups excluding carboxylic acids is 2. The van der Waals surface area contributed by atoms with E-state index in [-0.39, 0.29) is 29.1 Å². The van der Waals surface area contributed by atoms with Crippen LogP contribution in [0.5, 0.6) is 0 Å². The summed E-state index contributed by atoms with van der Waals surface area (Å²) in [6, 6.07) is 2.29. The SMILES string of the molecule is CCCNC(C)(C#N)CCCN1C(=O)C2C(C1=O)C2(C)C. The van der Waals surface area contributed by atoms with Crippen molar-refractivity contribution in [1.29, 1.82) is 5.26 Å². The third-order valence-corrected chi connectivity index (χ3v) is 4.96. The lowest BCUT2D eigenvalue weighted by molar-refractivity contribution is -0.143. The normalized spacial score (nSPS) is 29.0. The third-order valence-electron chi connectivity index (χ3n) is 4.96. The first-order chi connectivity index (χ1) is 9.78. The number of imide groups is 1. The van der Waals surface area contributed by atoms with E-state index in [0.717, 1.165) is 13.0 Å². The molecule has 2 fully saturated rings. The Bertz CT molecular complexity index is 470. The van der Waals surface area contributed by atoms with Crippen LogP contribution >= 0.6 is 0 Å². The lowest BCUT2D eigenvalue weighted by Gasteiger charge is -2.25. The molecule has 0 aromatic rings. The number of nitrogens with zero attached hydrogens (tertiary/aromatic N) is 2. The fraction of sp³-hybridized carbons (Fsp3) is 0.812. The largest absolute Gasteiger partial charge is 0.300 e. The zero-order chi connectivity index (χ0) is 15.8. The maximum atomic E-state index is 12.2. The van der Waals surface area contributed by atoms with Gasteiger partial charge in [0.2, 0.25) is 11.8 Å². The molecule has 0 bridgehead atoms. The van der Waals surface area contributed by atoms with Crippen molar-refractivity contribution in [2.45, 2.75) is 52.5 Å². The summed E-state index contributed by atoms with van der Waals surface area (Å²) in [5.41, 5.74) is -0.724. The Kier molecular flexibility index (Phi) is 4.12. The third kappa shape index (κ3) is 2.69. The van der Waals surface area contributed by atoms with Crippen LogP contribution in [0.25, 0.3) is 0 Å². The summed E-state index contributed by atoms with van der Waals surface area (Å²) < 4.78 is 0. The number of likely N-dealkylation sites (tertiary alicyclic amines) is 1. The van der Waals surface area contributed by atoms with Gasteiger partial charge in [0, 0.05) is 6.54 Å². The molecule has 1 saturated heterocycles. The lowest BCUT2D eigenvalue weighted by Crippen LogP contribution is -2.43. The molecule has 1 aliphatic heterocycles. The Balaban J connectivity index is 1.84. The highest BCUT2D eigenvalue weighted by Gasteiger charge is 2.72. The van der Waals surface area contributed by atoms with Gasteiger partial charge in [0.05, 0.1) is 17.9 Å². The van der Waals surface area contributed by atoms with Gasteiger partial charge in [-0.1, -0.05) is 20.8 Å². The van der Waals surface area contributed by atoms with Gasteiger partial charge in [0.1, 0.15) is 5.54 Å². The summed E-state index contributed by atoms with van der Waals surface area (Å²) in [7, 11) is 0. The fourth-order valence-corrected chi connectivity index (χ4v) is 3.40. The van der Waals surface area contributed by atoms with E-state index in [9.17, 15) is 14.9 Å². The van der Waals surface area contributed by atoms with Crippen LogP contribution in [-0.2, 0) is 9.59 Å². The molecule has 3 atom stereocenters. The zero-order valence-electron chi connectivity index (χ0n) is 13.4. The van der Waals surface area contributed by atoms with Crippen molar-refractivity contribution in [3.63, 3.8) is 0 Å². The second kappa shape index (κ2) is 5.42. The monoisotopic (exact) mass is 291 g/mol. The van der Waals surface area contributed by atoms with Crippen LogP contribution in [0.2, 0.25) is 0 Å². The van der Waals surface area contributed by atoms with Crippen LogP contribution < -0.4 is 5.32 Å². The molecule has 0 spiro atoms. The van der Waals surface area contributed by atoms with Crippen molar-refractivity contribution in [1.82, 2.24) is 10.2 Å². The molecule has 0 radical (unpaired) electrons. The summed E-state index contributed by atoms with van der Waals surface area (Å²) in [6.07, 6.45) is 2.27. The average molecular weight is 291 g/mol. The quantitative estimate of drug-likeness (QED) is 0.724. The van der Waals surface area contributed by atoms with Gasteiger partial charge >= 0.3 is 0 Å². The summed E-state index contributed by atoms with van der Waals surface area (Å²) >= 11 is 0. The van der Waals surface area contributed by atoms with Crippen molar-refractivity contribution in [2.75, 3.05) is 13.1 Å². The number of rotatable bonds is 7. The highest BCUT2D eigenvalue weighted by atomic mass is 16.2. The predicted molar refractivity (Wildman–Crippen MR) is 79.0 cm³/mol. The maximum absolute atomic E-state index is 12.2. The number of piperidine rings is 1. The number of fused-ring (bicyclic) bond motifs is 1. The molecule has 1 aliphatic carbocycles. The Hall–Kier alpha value is -1.41. The van der Waals surface area contributed by atoms with Gasteiger partial charge < -0.3 is 0 Å². The second-order valence-corrected chi connectivity index (χ2v) is 7.08. The number of nitrogens with one attached hydrogen (secondary N) is 1. The molecule has 0 aromatic heterocycles. The summed E-state index contributed by atoms with van der Waals surface area (Å²) in [6.45, 7) is 9.13. The Morgan fingerprint density at radius 1 is 1.33 bits per heavy atom. The van der Waals surface area contributed by atoms with E-state index in [1.165, 1.54) is 4.90 Å². The first kappa shape index (κ1) is 16.0. The number of nitriles is 1.